The molecule has 0 radical (unpaired) electrons. The first-order valence-corrected chi connectivity index (χ1v) is 10.7. The summed E-state index contributed by atoms with van der Waals surface area (Å²) in [5, 5.41) is 9.08. The molecule has 4 nitrogen and oxygen atoms in total. The lowest BCUT2D eigenvalue weighted by Gasteiger charge is -2.05. The molecule has 3 aromatic heterocycles. The highest BCUT2D eigenvalue weighted by Crippen LogP contribution is 2.26. The van der Waals surface area contributed by atoms with Crippen molar-refractivity contribution in [2.24, 2.45) is 10.1 Å². The molecular formula is C22H20N4S2. The molecule has 0 saturated heterocycles. The highest BCUT2D eigenvalue weighted by molar-refractivity contribution is 7.14. The van der Waals surface area contributed by atoms with E-state index < -0.39 is 0 Å². The normalized spacial score (nSPS) is 12.5. The van der Waals surface area contributed by atoms with Gasteiger partial charge in [-0.3, -0.25) is 4.98 Å². The van der Waals surface area contributed by atoms with Crippen molar-refractivity contribution in [1.82, 2.24) is 9.66 Å². The monoisotopic (exact) mass is 404 g/mol. The summed E-state index contributed by atoms with van der Waals surface area (Å²) in [7, 11) is 0. The Morgan fingerprint density at radius 2 is 1.93 bits per heavy atom. The van der Waals surface area contributed by atoms with Gasteiger partial charge in [0.05, 0.1) is 27.7 Å². The molecular weight excluding hydrogens is 384 g/mol. The third-order valence-corrected chi connectivity index (χ3v) is 6.03. The van der Waals surface area contributed by atoms with Crippen molar-refractivity contribution in [3.8, 4) is 10.6 Å². The maximum absolute atomic E-state index is 4.94. The summed E-state index contributed by atoms with van der Waals surface area (Å²) < 4.78 is 1.93. The Hall–Kier alpha value is -2.83. The molecule has 0 unspecified atom stereocenters. The minimum Gasteiger partial charge on any atom is -0.255 e. The molecule has 3 heterocycles. The first-order valence-electron chi connectivity index (χ1n) is 8.95. The van der Waals surface area contributed by atoms with Crippen molar-refractivity contribution in [2.75, 3.05) is 0 Å². The lowest BCUT2D eigenvalue weighted by atomic mass is 10.1. The van der Waals surface area contributed by atoms with E-state index in [0.717, 1.165) is 38.0 Å². The minimum absolute atomic E-state index is 0.840. The van der Waals surface area contributed by atoms with Gasteiger partial charge in [-0.15, -0.1) is 22.7 Å². The van der Waals surface area contributed by atoms with Crippen LogP contribution in [-0.2, 0) is 0 Å². The summed E-state index contributed by atoms with van der Waals surface area (Å²) in [4.78, 5) is 11.4. The van der Waals surface area contributed by atoms with Crippen LogP contribution in [0.4, 0.5) is 5.69 Å². The fourth-order valence-electron chi connectivity index (χ4n) is 2.79. The molecule has 140 valence electrons. The zero-order valence-corrected chi connectivity index (χ0v) is 17.6. The van der Waals surface area contributed by atoms with E-state index in [1.165, 1.54) is 5.56 Å². The number of thiazole rings is 1. The molecule has 0 saturated carbocycles. The van der Waals surface area contributed by atoms with Crippen molar-refractivity contribution in [1.29, 1.82) is 0 Å². The van der Waals surface area contributed by atoms with Crippen molar-refractivity contribution >= 4 is 34.1 Å². The molecule has 0 fully saturated rings. The second-order valence-electron chi connectivity index (χ2n) is 6.49. The van der Waals surface area contributed by atoms with Crippen LogP contribution in [0.15, 0.2) is 75.6 Å². The summed E-state index contributed by atoms with van der Waals surface area (Å²) in [6, 6.07) is 16.3. The minimum atomic E-state index is 0.840. The maximum atomic E-state index is 4.94. The number of rotatable bonds is 4. The Morgan fingerprint density at radius 3 is 2.68 bits per heavy atom. The average Bonchev–Trinajstić information content (AvgIpc) is 3.36. The molecule has 0 atom stereocenters. The third kappa shape index (κ3) is 3.88. The number of hydrogen-bond acceptors (Lipinski definition) is 5. The summed E-state index contributed by atoms with van der Waals surface area (Å²) >= 11 is 3.29. The van der Waals surface area contributed by atoms with Crippen molar-refractivity contribution < 1.29 is 0 Å². The second kappa shape index (κ2) is 8.04. The number of hydrogen-bond donors (Lipinski definition) is 0. The molecule has 0 aliphatic heterocycles. The van der Waals surface area contributed by atoms with Gasteiger partial charge in [-0.05, 0) is 61.5 Å². The SMILES string of the molecule is CC(=Nn1c(-c2cccs2)csc1=Nc1cc(C)ccc1C)c1ccccn1. The number of aryl methyl sites for hydroxylation is 2. The predicted octanol–water partition coefficient (Wildman–Crippen LogP) is 5.79. The molecule has 4 rings (SSSR count). The van der Waals surface area contributed by atoms with Crippen LogP contribution in [0.2, 0.25) is 0 Å². The second-order valence-corrected chi connectivity index (χ2v) is 8.28. The highest BCUT2D eigenvalue weighted by atomic mass is 32.1. The van der Waals surface area contributed by atoms with Crippen LogP contribution < -0.4 is 4.80 Å². The van der Waals surface area contributed by atoms with E-state index in [1.807, 2.05) is 29.8 Å². The smallest absolute Gasteiger partial charge is 0.211 e. The first-order chi connectivity index (χ1) is 13.6. The number of benzene rings is 1. The van der Waals surface area contributed by atoms with Gasteiger partial charge in [-0.2, -0.15) is 5.10 Å². The van der Waals surface area contributed by atoms with Gasteiger partial charge in [0.1, 0.15) is 0 Å². The Bertz CT molecular complexity index is 1180. The quantitative estimate of drug-likeness (QED) is 0.397. The lowest BCUT2D eigenvalue weighted by molar-refractivity contribution is 0.848. The number of thiophene rings is 1. The van der Waals surface area contributed by atoms with Gasteiger partial charge in [-0.25, -0.2) is 9.67 Å². The van der Waals surface area contributed by atoms with Crippen molar-refractivity contribution in [2.45, 2.75) is 20.8 Å². The van der Waals surface area contributed by atoms with Crippen molar-refractivity contribution in [3.05, 3.63) is 87.1 Å². The lowest BCUT2D eigenvalue weighted by Crippen LogP contribution is -2.14. The van der Waals surface area contributed by atoms with Gasteiger partial charge in [0, 0.05) is 11.6 Å². The molecule has 0 N–H and O–H groups in total. The molecule has 6 heteroatoms. The van der Waals surface area contributed by atoms with Crippen LogP contribution in [0.3, 0.4) is 0 Å². The highest BCUT2D eigenvalue weighted by Gasteiger charge is 2.10. The van der Waals surface area contributed by atoms with E-state index in [9.17, 15) is 0 Å². The summed E-state index contributed by atoms with van der Waals surface area (Å²) in [5.41, 5.74) is 6.06. The zero-order chi connectivity index (χ0) is 19.5. The van der Waals surface area contributed by atoms with Crippen LogP contribution in [0, 0.1) is 13.8 Å². The molecule has 0 aliphatic rings. The van der Waals surface area contributed by atoms with Crippen LogP contribution in [0.25, 0.3) is 10.6 Å². The van der Waals surface area contributed by atoms with Gasteiger partial charge in [-0.1, -0.05) is 24.3 Å². The maximum Gasteiger partial charge on any atom is 0.211 e. The van der Waals surface area contributed by atoms with Crippen LogP contribution in [0.5, 0.6) is 0 Å². The van der Waals surface area contributed by atoms with Crippen LogP contribution in [0.1, 0.15) is 23.7 Å². The Morgan fingerprint density at radius 1 is 1.04 bits per heavy atom. The molecule has 0 bridgehead atoms. The molecule has 4 aromatic rings. The zero-order valence-electron chi connectivity index (χ0n) is 16.0. The average molecular weight is 405 g/mol. The summed E-state index contributed by atoms with van der Waals surface area (Å²) in [6.45, 7) is 6.15. The Balaban J connectivity index is 1.91. The Kier molecular flexibility index (Phi) is 5.32. The molecule has 0 amide bonds. The first kappa shape index (κ1) is 18.5. The van der Waals surface area contributed by atoms with Gasteiger partial charge in [0.2, 0.25) is 4.80 Å². The fraction of sp³-hybridized carbons (Fsp3) is 0.136. The van der Waals surface area contributed by atoms with E-state index >= 15 is 0 Å². The topological polar surface area (TPSA) is 42.5 Å². The van der Waals surface area contributed by atoms with Gasteiger partial charge in [0.15, 0.2) is 0 Å². The van der Waals surface area contributed by atoms with Gasteiger partial charge < -0.3 is 0 Å². The van der Waals surface area contributed by atoms with Crippen molar-refractivity contribution in [3.63, 3.8) is 0 Å². The summed E-state index contributed by atoms with van der Waals surface area (Å²) in [5.74, 6) is 0. The summed E-state index contributed by atoms with van der Waals surface area (Å²) in [6.07, 6.45) is 1.79. The predicted molar refractivity (Wildman–Crippen MR) is 119 cm³/mol. The van der Waals surface area contributed by atoms with E-state index in [0.29, 0.717) is 0 Å². The van der Waals surface area contributed by atoms with Crippen LogP contribution in [-0.4, -0.2) is 15.4 Å². The Labute approximate surface area is 172 Å². The molecule has 0 aliphatic carbocycles. The number of aromatic nitrogens is 2. The molecule has 0 spiro atoms. The largest absolute Gasteiger partial charge is 0.255 e. The fourth-order valence-corrected chi connectivity index (χ4v) is 4.42. The molecule has 1 aromatic carbocycles. The van der Waals surface area contributed by atoms with Crippen LogP contribution >= 0.6 is 22.7 Å². The third-order valence-electron chi connectivity index (χ3n) is 4.33. The van der Waals surface area contributed by atoms with E-state index in [-0.39, 0.29) is 0 Å². The van der Waals surface area contributed by atoms with E-state index in [2.05, 4.69) is 59.9 Å². The number of nitrogens with zero attached hydrogens (tertiary/aromatic N) is 4. The standard InChI is InChI=1S/C22H20N4S2/c1-15-9-10-16(2)19(13-15)24-22-26(20(14-28-22)21-8-6-12-27-21)25-17(3)18-7-4-5-11-23-18/h4-14H,1-3H3. The van der Waals surface area contributed by atoms with E-state index in [4.69, 9.17) is 10.1 Å². The number of pyridine rings is 1. The van der Waals surface area contributed by atoms with E-state index in [1.54, 1.807) is 28.9 Å². The van der Waals surface area contributed by atoms with Gasteiger partial charge in [0.25, 0.3) is 0 Å². The van der Waals surface area contributed by atoms with Gasteiger partial charge >= 0.3 is 0 Å². The molecule has 28 heavy (non-hydrogen) atoms.